The third-order valence-electron chi connectivity index (χ3n) is 12.6. The monoisotopic (exact) mass is 1450 g/mol. The molecule has 0 spiro atoms. The summed E-state index contributed by atoms with van der Waals surface area (Å²) in [5, 5.41) is 11.4. The minimum absolute atomic E-state index is 0.0219. The van der Waals surface area contributed by atoms with Crippen molar-refractivity contribution in [2.45, 2.75) is 301 Å². The standard InChI is InChI=1S/2C17H19NO.C16H18N2O.C11H15NO.C7H8.4C3H8.8C2H6/c2*1-12-9-13(2)17(18-14(3)19)11-16(12)10-15-7-5-4-6-8-15;1-11-8-15(17)14(10-16(11)18-12(2)19)9-13-6-4-3-5-7-13;1-7-5-9(3)11(6-8(7)2)12-10(4)13;1-7-5-3-2-4-6-7;4*1-3-2;8*1-2/h2*4-9,11H,10H2,1-3H3,(H,18,19);3-8,10H,9,17H2,1-2H3,(H,18,19);5-6H,1-4H3,(H,12,13);2-6H,1H3;4*3H2,1-2H3;8*1-2H3. The Labute approximate surface area is 649 Å². The molecule has 4 amide bonds. The quantitative estimate of drug-likeness (QED) is 0.0867. The van der Waals surface area contributed by atoms with Crippen molar-refractivity contribution in [2.75, 3.05) is 27.0 Å². The molecule has 0 aromatic heterocycles. The number of carbonyl (C=O) groups excluding carboxylic acids is 4. The van der Waals surface area contributed by atoms with Gasteiger partial charge >= 0.3 is 0 Å². The summed E-state index contributed by atoms with van der Waals surface area (Å²) in [5.41, 5.74) is 28.2. The number of rotatable bonds is 10. The van der Waals surface area contributed by atoms with Crippen LogP contribution in [0, 0.1) is 62.3 Å². The van der Waals surface area contributed by atoms with E-state index < -0.39 is 0 Å². The minimum Gasteiger partial charge on any atom is -0.398 e. The molecule has 6 N–H and O–H groups in total. The van der Waals surface area contributed by atoms with Gasteiger partial charge in [0.05, 0.1) is 0 Å². The molecule has 0 saturated carbocycles. The van der Waals surface area contributed by atoms with Crippen molar-refractivity contribution in [1.82, 2.24) is 0 Å². The number of nitrogens with one attached hydrogen (secondary N) is 4. The zero-order valence-electron chi connectivity index (χ0n) is 74.3. The molecule has 0 aliphatic carbocycles. The van der Waals surface area contributed by atoms with Crippen LogP contribution in [-0.4, -0.2) is 23.6 Å². The van der Waals surface area contributed by atoms with E-state index >= 15 is 0 Å². The first-order valence-electron chi connectivity index (χ1n) is 39.6. The molecule has 0 bridgehead atoms. The largest absolute Gasteiger partial charge is 0.398 e. The molecule has 0 atom stereocenters. The molecule has 8 aromatic rings. The van der Waals surface area contributed by atoms with E-state index in [9.17, 15) is 19.2 Å². The van der Waals surface area contributed by atoms with E-state index in [-0.39, 0.29) is 23.6 Å². The Bertz CT molecular complexity index is 3020. The lowest BCUT2D eigenvalue weighted by atomic mass is 9.97. The molecule has 0 radical (unpaired) electrons. The lowest BCUT2D eigenvalue weighted by Crippen LogP contribution is -2.08. The average molecular weight is 1450 g/mol. The fourth-order valence-corrected chi connectivity index (χ4v) is 8.34. The van der Waals surface area contributed by atoms with Crippen LogP contribution in [-0.2, 0) is 38.4 Å². The van der Waals surface area contributed by atoms with Gasteiger partial charge in [0.1, 0.15) is 0 Å². The highest BCUT2D eigenvalue weighted by Crippen LogP contribution is 2.27. The topological polar surface area (TPSA) is 142 Å². The van der Waals surface area contributed by atoms with Gasteiger partial charge in [-0.3, -0.25) is 19.2 Å². The maximum absolute atomic E-state index is 11.2. The van der Waals surface area contributed by atoms with Crippen molar-refractivity contribution in [3.8, 4) is 0 Å². The maximum atomic E-state index is 11.2. The summed E-state index contributed by atoms with van der Waals surface area (Å²) in [6.07, 6.45) is 7.54. The third-order valence-corrected chi connectivity index (χ3v) is 12.6. The highest BCUT2D eigenvalue weighted by Gasteiger charge is 2.10. The summed E-state index contributed by atoms with van der Waals surface area (Å²) in [5.74, 6) is -0.153. The molecular weight excluding hydrogens is 1290 g/mol. The van der Waals surface area contributed by atoms with Crippen LogP contribution in [0.25, 0.3) is 0 Å². The Kier molecular flexibility index (Phi) is 88.8. The van der Waals surface area contributed by atoms with Crippen LogP contribution >= 0.6 is 0 Å². The fourth-order valence-electron chi connectivity index (χ4n) is 8.34. The number of anilines is 5. The number of amides is 4. The predicted octanol–water partition coefficient (Wildman–Crippen LogP) is 29.3. The van der Waals surface area contributed by atoms with Gasteiger partial charge in [0.2, 0.25) is 23.6 Å². The summed E-state index contributed by atoms with van der Waals surface area (Å²) >= 11 is 0. The van der Waals surface area contributed by atoms with Gasteiger partial charge in [-0.2, -0.15) is 0 Å². The van der Waals surface area contributed by atoms with Crippen LogP contribution < -0.4 is 27.0 Å². The first-order valence-corrected chi connectivity index (χ1v) is 39.6. The van der Waals surface area contributed by atoms with E-state index in [0.717, 1.165) is 75.5 Å². The highest BCUT2D eigenvalue weighted by molar-refractivity contribution is 5.91. The molecule has 8 rings (SSSR count). The fraction of sp³-hybridized carbons (Fsp3) is 0.458. The molecule has 8 aromatic carbocycles. The van der Waals surface area contributed by atoms with Crippen molar-refractivity contribution < 1.29 is 19.2 Å². The molecule has 0 aliphatic rings. The van der Waals surface area contributed by atoms with Gasteiger partial charge in [0.25, 0.3) is 0 Å². The smallest absolute Gasteiger partial charge is 0.221 e. The second-order valence-electron chi connectivity index (χ2n) is 22.5. The predicted molar refractivity (Wildman–Crippen MR) is 479 cm³/mol. The van der Waals surface area contributed by atoms with Crippen molar-refractivity contribution in [2.24, 2.45) is 0 Å². The zero-order valence-corrected chi connectivity index (χ0v) is 74.3. The van der Waals surface area contributed by atoms with Gasteiger partial charge in [-0.1, -0.05) is 337 Å². The van der Waals surface area contributed by atoms with Crippen LogP contribution in [0.3, 0.4) is 0 Å². The molecular formula is C96H159N5O4. The lowest BCUT2D eigenvalue weighted by molar-refractivity contribution is -0.115. The molecule has 0 aliphatic heterocycles. The van der Waals surface area contributed by atoms with Crippen molar-refractivity contribution in [1.29, 1.82) is 0 Å². The number of hydrogen-bond donors (Lipinski definition) is 5. The molecule has 0 heterocycles. The van der Waals surface area contributed by atoms with E-state index in [0.29, 0.717) is 0 Å². The number of aryl methyl sites for hydroxylation is 9. The van der Waals surface area contributed by atoms with Crippen LogP contribution in [0.1, 0.15) is 303 Å². The van der Waals surface area contributed by atoms with Crippen LogP contribution in [0.5, 0.6) is 0 Å². The SMILES string of the molecule is CC.CC.CC.CC.CC.CC.CC.CC.CC(=O)Nc1cc(C)c(C)cc1C.CC(=O)Nc1cc(Cc2ccccc2)c(C)cc1C.CC(=O)Nc1cc(Cc2ccccc2)c(C)cc1C.CC(=O)Nc1cc(Cc2ccccc2)c(N)cc1C.CCC.CCC.CCC.CCC.Cc1ccccc1. The first-order chi connectivity index (χ1) is 50.2. The van der Waals surface area contributed by atoms with Gasteiger partial charge in [-0.15, -0.1) is 0 Å². The number of hydrogen-bond acceptors (Lipinski definition) is 5. The van der Waals surface area contributed by atoms with Crippen molar-refractivity contribution >= 4 is 52.1 Å². The van der Waals surface area contributed by atoms with E-state index in [1.54, 1.807) is 0 Å². The molecule has 9 heteroatoms. The lowest BCUT2D eigenvalue weighted by Gasteiger charge is -2.13. The normalized spacial score (nSPS) is 8.50. The molecule has 0 fully saturated rings. The first kappa shape index (κ1) is 115. The van der Waals surface area contributed by atoms with Crippen LogP contribution in [0.15, 0.2) is 170 Å². The zero-order chi connectivity index (χ0) is 83.4. The summed E-state index contributed by atoms with van der Waals surface area (Å²) in [6.45, 7) is 73.5. The minimum atomic E-state index is -0.0708. The Morgan fingerprint density at radius 2 is 0.448 bits per heavy atom. The van der Waals surface area contributed by atoms with Gasteiger partial charge in [0.15, 0.2) is 0 Å². The highest BCUT2D eigenvalue weighted by atomic mass is 16.2. The van der Waals surface area contributed by atoms with Gasteiger partial charge in [0, 0.05) is 56.1 Å². The third kappa shape index (κ3) is 62.5. The molecule has 0 unspecified atom stereocenters. The Hall–Kier alpha value is -8.56. The van der Waals surface area contributed by atoms with Crippen molar-refractivity contribution in [3.63, 3.8) is 0 Å². The Morgan fingerprint density at radius 3 is 0.676 bits per heavy atom. The summed E-state index contributed by atoms with van der Waals surface area (Å²) in [4.78, 5) is 44.4. The Balaban J connectivity index is -0.000000146. The molecule has 105 heavy (non-hydrogen) atoms. The summed E-state index contributed by atoms with van der Waals surface area (Å²) in [7, 11) is 0. The number of nitrogens with two attached hydrogens (primary N) is 1. The van der Waals surface area contributed by atoms with E-state index in [4.69, 9.17) is 5.73 Å². The Morgan fingerprint density at radius 1 is 0.257 bits per heavy atom. The summed E-state index contributed by atoms with van der Waals surface area (Å²) < 4.78 is 0. The average Bonchev–Trinajstić information content (AvgIpc) is 0.858. The molecule has 0 saturated heterocycles. The van der Waals surface area contributed by atoms with Crippen LogP contribution in [0.2, 0.25) is 0 Å². The van der Waals surface area contributed by atoms with Crippen molar-refractivity contribution in [3.05, 3.63) is 253 Å². The second-order valence-corrected chi connectivity index (χ2v) is 22.5. The van der Waals surface area contributed by atoms with E-state index in [1.165, 1.54) is 109 Å². The molecule has 9 nitrogen and oxygen atoms in total. The van der Waals surface area contributed by atoms with E-state index in [1.807, 2.05) is 236 Å². The van der Waals surface area contributed by atoms with Gasteiger partial charge in [-0.05, 0) is 190 Å². The van der Waals surface area contributed by atoms with Gasteiger partial charge < -0.3 is 27.0 Å². The van der Waals surface area contributed by atoms with Crippen LogP contribution in [0.4, 0.5) is 28.4 Å². The second kappa shape index (κ2) is 81.1. The number of nitrogen functional groups attached to an aromatic ring is 1. The summed E-state index contributed by atoms with van der Waals surface area (Å²) in [6, 6.07) is 57.5. The van der Waals surface area contributed by atoms with Gasteiger partial charge in [-0.25, -0.2) is 0 Å². The number of carbonyl (C=O) groups is 4. The number of benzene rings is 8. The van der Waals surface area contributed by atoms with E-state index in [2.05, 4.69) is 183 Å². The maximum Gasteiger partial charge on any atom is 0.221 e. The molecule has 592 valence electrons.